The lowest BCUT2D eigenvalue weighted by Crippen LogP contribution is -2.30. The molecule has 0 bridgehead atoms. The van der Waals surface area contributed by atoms with Crippen LogP contribution in [-0.4, -0.2) is 31.0 Å². The van der Waals surface area contributed by atoms with Crippen molar-refractivity contribution in [3.8, 4) is 0 Å². The maximum absolute atomic E-state index is 12.0. The van der Waals surface area contributed by atoms with E-state index in [0.29, 0.717) is 0 Å². The molecule has 1 fully saturated rings. The molecule has 0 N–H and O–H groups in total. The van der Waals surface area contributed by atoms with Gasteiger partial charge in [0.2, 0.25) is 15.0 Å². The summed E-state index contributed by atoms with van der Waals surface area (Å²) in [5.74, 6) is -0.160. The van der Waals surface area contributed by atoms with Crippen LogP contribution in [0, 0.1) is 13.8 Å². The molecule has 0 radical (unpaired) electrons. The number of benzene rings is 1. The molecule has 2 unspecified atom stereocenters. The molecule has 1 heterocycles. The van der Waals surface area contributed by atoms with Gasteiger partial charge in [-0.05, 0) is 31.9 Å². The zero-order valence-electron chi connectivity index (χ0n) is 11.8. The Labute approximate surface area is 124 Å². The number of carbonyl (C=O) groups is 1. The number of hydrogen-bond acceptors (Lipinski definition) is 3. The number of hydrogen-bond donors (Lipinski definition) is 0. The summed E-state index contributed by atoms with van der Waals surface area (Å²) in [5.41, 5.74) is 3.30. The molecule has 4 nitrogen and oxygen atoms in total. The number of halogens is 1. The summed E-state index contributed by atoms with van der Waals surface area (Å²) in [6.45, 7) is 6.09. The van der Waals surface area contributed by atoms with Crippen LogP contribution in [0.2, 0.25) is 0 Å². The molecule has 0 aromatic heterocycles. The molecule has 20 heavy (non-hydrogen) atoms. The fraction of sp³-hybridized carbons (Fsp3) is 0.500. The number of rotatable bonds is 3. The van der Waals surface area contributed by atoms with E-state index in [0.717, 1.165) is 16.7 Å². The third-order valence-electron chi connectivity index (χ3n) is 3.86. The number of carbonyl (C=O) groups excluding carboxylic acids is 1. The van der Waals surface area contributed by atoms with E-state index in [-0.39, 0.29) is 24.9 Å². The Morgan fingerprint density at radius 2 is 2.00 bits per heavy atom. The molecule has 2 atom stereocenters. The summed E-state index contributed by atoms with van der Waals surface area (Å²) >= 11 is 0. The maximum atomic E-state index is 12.0. The van der Waals surface area contributed by atoms with Crippen molar-refractivity contribution in [1.29, 1.82) is 0 Å². The van der Waals surface area contributed by atoms with Crippen molar-refractivity contribution in [3.63, 3.8) is 0 Å². The second-order valence-electron chi connectivity index (χ2n) is 5.38. The zero-order chi connectivity index (χ0) is 15.1. The van der Waals surface area contributed by atoms with Gasteiger partial charge in [-0.15, -0.1) is 0 Å². The van der Waals surface area contributed by atoms with Crippen LogP contribution in [0.1, 0.15) is 36.1 Å². The smallest absolute Gasteiger partial charge is 0.237 e. The minimum atomic E-state index is -3.69. The van der Waals surface area contributed by atoms with Crippen LogP contribution in [0.15, 0.2) is 18.2 Å². The molecule has 1 amide bonds. The summed E-state index contributed by atoms with van der Waals surface area (Å²) in [4.78, 5) is 13.6. The third kappa shape index (κ3) is 2.99. The van der Waals surface area contributed by atoms with Gasteiger partial charge in [-0.2, -0.15) is 0 Å². The van der Waals surface area contributed by atoms with Gasteiger partial charge in [-0.25, -0.2) is 8.42 Å². The first-order valence-corrected chi connectivity index (χ1v) is 8.87. The van der Waals surface area contributed by atoms with Crippen molar-refractivity contribution in [2.24, 2.45) is 0 Å². The highest BCUT2D eigenvalue weighted by Gasteiger charge is 2.39. The van der Waals surface area contributed by atoms with Crippen LogP contribution in [-0.2, 0) is 13.8 Å². The topological polar surface area (TPSA) is 54.5 Å². The average Bonchev–Trinajstić information content (AvgIpc) is 2.70. The highest BCUT2D eigenvalue weighted by molar-refractivity contribution is 8.14. The third-order valence-corrected chi connectivity index (χ3v) is 5.73. The SMILES string of the molecule is Cc1ccc(C(C)N2CC(S(=O)(=O)Cl)CC2=O)c(C)c1. The van der Waals surface area contributed by atoms with E-state index < -0.39 is 14.3 Å². The first-order valence-electron chi connectivity index (χ1n) is 6.50. The fourth-order valence-corrected chi connectivity index (χ4v) is 3.76. The van der Waals surface area contributed by atoms with Gasteiger partial charge in [0.15, 0.2) is 0 Å². The molecule has 0 aliphatic carbocycles. The van der Waals surface area contributed by atoms with Crippen LogP contribution in [0.4, 0.5) is 0 Å². The van der Waals surface area contributed by atoms with Crippen molar-refractivity contribution < 1.29 is 13.2 Å². The van der Waals surface area contributed by atoms with Crippen molar-refractivity contribution >= 4 is 25.6 Å². The Hall–Kier alpha value is -1.07. The molecule has 1 aliphatic rings. The molecule has 1 saturated heterocycles. The summed E-state index contributed by atoms with van der Waals surface area (Å²) in [6.07, 6.45) is -0.0267. The van der Waals surface area contributed by atoms with Crippen LogP contribution in [0.5, 0.6) is 0 Å². The van der Waals surface area contributed by atoms with Crippen LogP contribution < -0.4 is 0 Å². The van der Waals surface area contributed by atoms with Crippen LogP contribution in [0.25, 0.3) is 0 Å². The normalized spacial score (nSPS) is 21.3. The summed E-state index contributed by atoms with van der Waals surface area (Å²) in [6, 6.07) is 5.90. The van der Waals surface area contributed by atoms with E-state index in [4.69, 9.17) is 10.7 Å². The Kier molecular flexibility index (Phi) is 4.12. The van der Waals surface area contributed by atoms with Gasteiger partial charge in [0, 0.05) is 23.6 Å². The van der Waals surface area contributed by atoms with Crippen molar-refractivity contribution in [2.45, 2.75) is 38.5 Å². The number of aryl methyl sites for hydroxylation is 2. The predicted molar refractivity (Wildman–Crippen MR) is 79.2 cm³/mol. The molecule has 0 spiro atoms. The molecule has 1 aliphatic heterocycles. The van der Waals surface area contributed by atoms with Gasteiger partial charge < -0.3 is 4.90 Å². The summed E-state index contributed by atoms with van der Waals surface area (Å²) in [7, 11) is 1.67. The molecule has 1 aromatic rings. The van der Waals surface area contributed by atoms with Gasteiger partial charge in [0.1, 0.15) is 5.25 Å². The maximum Gasteiger partial charge on any atom is 0.237 e. The number of likely N-dealkylation sites (tertiary alicyclic amines) is 1. The lowest BCUT2D eigenvalue weighted by Gasteiger charge is -2.26. The molecule has 110 valence electrons. The second-order valence-corrected chi connectivity index (χ2v) is 8.29. The van der Waals surface area contributed by atoms with Gasteiger partial charge in [0.25, 0.3) is 0 Å². The molecule has 6 heteroatoms. The van der Waals surface area contributed by atoms with E-state index in [9.17, 15) is 13.2 Å². The van der Waals surface area contributed by atoms with E-state index >= 15 is 0 Å². The molecular weight excluding hydrogens is 298 g/mol. The Morgan fingerprint density at radius 1 is 1.35 bits per heavy atom. The number of amides is 1. The van der Waals surface area contributed by atoms with Gasteiger partial charge in [0.05, 0.1) is 6.04 Å². The highest BCUT2D eigenvalue weighted by atomic mass is 35.7. The van der Waals surface area contributed by atoms with E-state index in [1.54, 1.807) is 4.90 Å². The highest BCUT2D eigenvalue weighted by Crippen LogP contribution is 2.31. The molecular formula is C14H18ClNO3S. The lowest BCUT2D eigenvalue weighted by atomic mass is 9.99. The zero-order valence-corrected chi connectivity index (χ0v) is 13.3. The first-order chi connectivity index (χ1) is 9.20. The molecule has 2 rings (SSSR count). The molecule has 1 aromatic carbocycles. The first kappa shape index (κ1) is 15.3. The van der Waals surface area contributed by atoms with E-state index in [2.05, 4.69) is 6.07 Å². The van der Waals surface area contributed by atoms with Gasteiger partial charge in [-0.3, -0.25) is 4.79 Å². The summed E-state index contributed by atoms with van der Waals surface area (Å²) < 4.78 is 22.8. The summed E-state index contributed by atoms with van der Waals surface area (Å²) in [5, 5.41) is -0.801. The van der Waals surface area contributed by atoms with Crippen molar-refractivity contribution in [3.05, 3.63) is 34.9 Å². The molecule has 0 saturated carbocycles. The van der Waals surface area contributed by atoms with Crippen LogP contribution in [0.3, 0.4) is 0 Å². The van der Waals surface area contributed by atoms with Gasteiger partial charge >= 0.3 is 0 Å². The predicted octanol–water partition coefficient (Wildman–Crippen LogP) is 2.53. The van der Waals surface area contributed by atoms with Crippen molar-refractivity contribution in [1.82, 2.24) is 4.90 Å². The Balaban J connectivity index is 2.26. The average molecular weight is 316 g/mol. The lowest BCUT2D eigenvalue weighted by molar-refractivity contribution is -0.129. The largest absolute Gasteiger partial charge is 0.335 e. The monoisotopic (exact) mass is 315 g/mol. The minimum Gasteiger partial charge on any atom is -0.335 e. The second kappa shape index (κ2) is 5.37. The fourth-order valence-electron chi connectivity index (χ4n) is 2.72. The quantitative estimate of drug-likeness (QED) is 0.805. The van der Waals surface area contributed by atoms with Gasteiger partial charge in [-0.1, -0.05) is 23.8 Å². The standard InChI is InChI=1S/C14H18ClNO3S/c1-9-4-5-13(10(2)6-9)11(3)16-8-12(7-14(16)17)20(15,18)19/h4-6,11-12H,7-8H2,1-3H3. The van der Waals surface area contributed by atoms with E-state index in [1.807, 2.05) is 32.9 Å². The number of nitrogens with zero attached hydrogens (tertiary/aromatic N) is 1. The van der Waals surface area contributed by atoms with E-state index in [1.165, 1.54) is 0 Å². The Bertz CT molecular complexity index is 642. The Morgan fingerprint density at radius 3 is 2.50 bits per heavy atom. The van der Waals surface area contributed by atoms with Crippen LogP contribution >= 0.6 is 10.7 Å². The minimum absolute atomic E-state index is 0.0267. The van der Waals surface area contributed by atoms with Crippen molar-refractivity contribution in [2.75, 3.05) is 6.54 Å².